The van der Waals surface area contributed by atoms with Crippen molar-refractivity contribution in [3.63, 3.8) is 0 Å². The van der Waals surface area contributed by atoms with E-state index in [1.165, 1.54) is 11.0 Å². The van der Waals surface area contributed by atoms with Gasteiger partial charge in [0.25, 0.3) is 11.7 Å². The molecule has 0 spiro atoms. The van der Waals surface area contributed by atoms with E-state index in [9.17, 15) is 19.1 Å². The molecule has 164 valence electrons. The van der Waals surface area contributed by atoms with Crippen LogP contribution < -0.4 is 0 Å². The SMILES string of the molecule is CN(C)CCCN1C(=O)C(=O)/C(=C(/O)c2ccc3ccccc3c2)C1c1ccccc1F. The summed E-state index contributed by atoms with van der Waals surface area (Å²) in [6.45, 7) is 0.980. The summed E-state index contributed by atoms with van der Waals surface area (Å²) >= 11 is 0. The topological polar surface area (TPSA) is 60.9 Å². The van der Waals surface area contributed by atoms with E-state index in [4.69, 9.17) is 0 Å². The van der Waals surface area contributed by atoms with Crippen LogP contribution in [0.5, 0.6) is 0 Å². The van der Waals surface area contributed by atoms with Crippen molar-refractivity contribution in [2.24, 2.45) is 0 Å². The molecule has 0 aromatic heterocycles. The summed E-state index contributed by atoms with van der Waals surface area (Å²) in [7, 11) is 3.84. The largest absolute Gasteiger partial charge is 0.507 e. The molecule has 6 heteroatoms. The fourth-order valence-electron chi connectivity index (χ4n) is 4.18. The van der Waals surface area contributed by atoms with Crippen LogP contribution in [0.1, 0.15) is 23.6 Å². The van der Waals surface area contributed by atoms with Gasteiger partial charge in [-0.25, -0.2) is 4.39 Å². The van der Waals surface area contributed by atoms with Gasteiger partial charge in [-0.05, 0) is 50.0 Å². The lowest BCUT2D eigenvalue weighted by Gasteiger charge is -2.26. The summed E-state index contributed by atoms with van der Waals surface area (Å²) in [6.07, 6.45) is 0.612. The fourth-order valence-corrected chi connectivity index (χ4v) is 4.18. The van der Waals surface area contributed by atoms with Crippen LogP contribution in [0.4, 0.5) is 4.39 Å². The van der Waals surface area contributed by atoms with Gasteiger partial charge in [-0.3, -0.25) is 9.59 Å². The zero-order chi connectivity index (χ0) is 22.8. The number of hydrogen-bond acceptors (Lipinski definition) is 4. The van der Waals surface area contributed by atoms with Crippen LogP contribution in [0.3, 0.4) is 0 Å². The monoisotopic (exact) mass is 432 g/mol. The highest BCUT2D eigenvalue weighted by molar-refractivity contribution is 6.46. The first-order valence-electron chi connectivity index (χ1n) is 10.5. The number of Topliss-reactive ketones (excluding diaryl/α,β-unsaturated/α-hetero) is 1. The first-order valence-corrected chi connectivity index (χ1v) is 10.5. The molecule has 3 aromatic carbocycles. The van der Waals surface area contributed by atoms with Crippen molar-refractivity contribution in [3.8, 4) is 0 Å². The minimum Gasteiger partial charge on any atom is -0.507 e. The average molecular weight is 432 g/mol. The van der Waals surface area contributed by atoms with Gasteiger partial charge in [-0.15, -0.1) is 0 Å². The Balaban J connectivity index is 1.84. The molecule has 1 fully saturated rings. The van der Waals surface area contributed by atoms with Gasteiger partial charge in [0, 0.05) is 17.7 Å². The second-order valence-corrected chi connectivity index (χ2v) is 8.23. The van der Waals surface area contributed by atoms with E-state index in [0.717, 1.165) is 10.8 Å². The lowest BCUT2D eigenvalue weighted by Crippen LogP contribution is -2.32. The number of hydrogen-bond donors (Lipinski definition) is 1. The molecule has 1 aliphatic rings. The van der Waals surface area contributed by atoms with Crippen LogP contribution in [-0.2, 0) is 9.59 Å². The van der Waals surface area contributed by atoms with Crippen LogP contribution in [-0.4, -0.2) is 53.8 Å². The van der Waals surface area contributed by atoms with Gasteiger partial charge >= 0.3 is 0 Å². The van der Waals surface area contributed by atoms with Gasteiger partial charge in [-0.1, -0.05) is 54.6 Å². The third kappa shape index (κ3) is 4.01. The van der Waals surface area contributed by atoms with Gasteiger partial charge < -0.3 is 14.9 Å². The molecule has 0 aliphatic carbocycles. The van der Waals surface area contributed by atoms with Crippen molar-refractivity contribution >= 4 is 28.2 Å². The van der Waals surface area contributed by atoms with Crippen molar-refractivity contribution in [2.75, 3.05) is 27.2 Å². The van der Waals surface area contributed by atoms with Gasteiger partial charge in [0.15, 0.2) is 0 Å². The second-order valence-electron chi connectivity index (χ2n) is 8.23. The number of aliphatic hydroxyl groups is 1. The Bertz CT molecular complexity index is 1220. The molecule has 1 N–H and O–H groups in total. The number of amides is 1. The zero-order valence-corrected chi connectivity index (χ0v) is 18.1. The van der Waals surface area contributed by atoms with Gasteiger partial charge in [0.05, 0.1) is 11.6 Å². The summed E-state index contributed by atoms with van der Waals surface area (Å²) in [5.41, 5.74) is 0.524. The van der Waals surface area contributed by atoms with E-state index in [1.807, 2.05) is 49.3 Å². The Morgan fingerprint density at radius 3 is 2.41 bits per heavy atom. The molecule has 32 heavy (non-hydrogen) atoms. The maximum atomic E-state index is 14.8. The normalized spacial score (nSPS) is 18.1. The van der Waals surface area contributed by atoms with E-state index in [0.29, 0.717) is 18.5 Å². The van der Waals surface area contributed by atoms with Crippen LogP contribution in [0.15, 0.2) is 72.3 Å². The van der Waals surface area contributed by atoms with E-state index >= 15 is 0 Å². The van der Waals surface area contributed by atoms with Crippen molar-refractivity contribution in [2.45, 2.75) is 12.5 Å². The lowest BCUT2D eigenvalue weighted by molar-refractivity contribution is -0.140. The Labute approximate surface area is 186 Å². The van der Waals surface area contributed by atoms with Crippen molar-refractivity contribution in [1.29, 1.82) is 0 Å². The molecule has 5 nitrogen and oxygen atoms in total. The Kier molecular flexibility index (Phi) is 6.06. The highest BCUT2D eigenvalue weighted by Gasteiger charge is 2.46. The number of fused-ring (bicyclic) bond motifs is 1. The first kappa shape index (κ1) is 21.7. The highest BCUT2D eigenvalue weighted by atomic mass is 19.1. The summed E-state index contributed by atoms with van der Waals surface area (Å²) in [4.78, 5) is 29.3. The van der Waals surface area contributed by atoms with E-state index in [1.54, 1.807) is 30.3 Å². The van der Waals surface area contributed by atoms with Crippen LogP contribution >= 0.6 is 0 Å². The van der Waals surface area contributed by atoms with E-state index in [-0.39, 0.29) is 23.4 Å². The number of carbonyl (C=O) groups is 2. The number of nitrogens with zero attached hydrogens (tertiary/aromatic N) is 2. The maximum Gasteiger partial charge on any atom is 0.295 e. The average Bonchev–Trinajstić information content (AvgIpc) is 3.03. The Morgan fingerprint density at radius 2 is 1.69 bits per heavy atom. The molecular weight excluding hydrogens is 407 g/mol. The predicted molar refractivity (Wildman–Crippen MR) is 123 cm³/mol. The minimum atomic E-state index is -0.982. The molecule has 3 aromatic rings. The molecule has 1 saturated heterocycles. The molecular formula is C26H25FN2O3. The zero-order valence-electron chi connectivity index (χ0n) is 18.1. The summed E-state index contributed by atoms with van der Waals surface area (Å²) < 4.78 is 14.8. The standard InChI is InChI=1S/C26H25FN2O3/c1-28(2)14-7-15-29-23(20-10-5-6-11-21(20)27)22(25(31)26(29)32)24(30)19-13-12-17-8-3-4-9-18(17)16-19/h3-6,8-13,16,23,30H,7,14-15H2,1-2H3/b24-22+. The first-order chi connectivity index (χ1) is 15.4. The molecule has 0 saturated carbocycles. The van der Waals surface area contributed by atoms with Crippen molar-refractivity contribution in [3.05, 3.63) is 89.2 Å². The molecule has 0 radical (unpaired) electrons. The molecule has 1 amide bonds. The molecule has 1 heterocycles. The van der Waals surface area contributed by atoms with Gasteiger partial charge in [-0.2, -0.15) is 0 Å². The second kappa shape index (κ2) is 8.93. The third-order valence-electron chi connectivity index (χ3n) is 5.77. The van der Waals surface area contributed by atoms with Crippen LogP contribution in [0, 0.1) is 5.82 Å². The lowest BCUT2D eigenvalue weighted by atomic mass is 9.94. The molecule has 1 aliphatic heterocycles. The Morgan fingerprint density at radius 1 is 1.00 bits per heavy atom. The molecule has 0 bridgehead atoms. The van der Waals surface area contributed by atoms with E-state index < -0.39 is 23.5 Å². The number of benzene rings is 3. The minimum absolute atomic E-state index is 0.0831. The summed E-state index contributed by atoms with van der Waals surface area (Å²) in [5.74, 6) is -2.34. The van der Waals surface area contributed by atoms with Crippen LogP contribution in [0.2, 0.25) is 0 Å². The number of rotatable bonds is 6. The fraction of sp³-hybridized carbons (Fsp3) is 0.231. The predicted octanol–water partition coefficient (Wildman–Crippen LogP) is 4.35. The summed E-state index contributed by atoms with van der Waals surface area (Å²) in [5, 5.41) is 13.0. The number of halogens is 1. The molecule has 1 atom stereocenters. The van der Waals surface area contributed by atoms with Crippen molar-refractivity contribution in [1.82, 2.24) is 9.80 Å². The number of ketones is 1. The maximum absolute atomic E-state index is 14.8. The Hall–Kier alpha value is -3.51. The van der Waals surface area contributed by atoms with E-state index in [2.05, 4.69) is 0 Å². The van der Waals surface area contributed by atoms with Crippen LogP contribution in [0.25, 0.3) is 16.5 Å². The quantitative estimate of drug-likeness (QED) is 0.357. The number of aliphatic hydroxyl groups excluding tert-OH is 1. The molecule has 1 unspecified atom stereocenters. The van der Waals surface area contributed by atoms with Gasteiger partial charge in [0.2, 0.25) is 0 Å². The highest BCUT2D eigenvalue weighted by Crippen LogP contribution is 2.40. The smallest absolute Gasteiger partial charge is 0.295 e. The number of carbonyl (C=O) groups excluding carboxylic acids is 2. The van der Waals surface area contributed by atoms with Gasteiger partial charge in [0.1, 0.15) is 11.6 Å². The summed E-state index contributed by atoms with van der Waals surface area (Å²) in [6, 6.07) is 18.0. The molecule has 4 rings (SSSR count). The third-order valence-corrected chi connectivity index (χ3v) is 5.77. The van der Waals surface area contributed by atoms with Crippen molar-refractivity contribution < 1.29 is 19.1 Å². The number of likely N-dealkylation sites (tertiary alicyclic amines) is 1.